The van der Waals surface area contributed by atoms with Crippen molar-refractivity contribution in [1.29, 1.82) is 5.26 Å². The molecular formula is C20H22N2O3. The van der Waals surface area contributed by atoms with E-state index in [1.54, 1.807) is 32.4 Å². The Hall–Kier alpha value is -3.00. The first-order chi connectivity index (χ1) is 11.9. The van der Waals surface area contributed by atoms with Crippen molar-refractivity contribution in [2.45, 2.75) is 20.4 Å². The number of benzene rings is 2. The molecule has 0 unspecified atom stereocenters. The van der Waals surface area contributed by atoms with Crippen LogP contribution in [0.3, 0.4) is 0 Å². The van der Waals surface area contributed by atoms with Gasteiger partial charge in [0.05, 0.1) is 25.9 Å². The second-order valence-corrected chi connectivity index (χ2v) is 5.89. The van der Waals surface area contributed by atoms with Crippen LogP contribution in [-0.2, 0) is 6.54 Å². The third-order valence-corrected chi connectivity index (χ3v) is 4.17. The van der Waals surface area contributed by atoms with Gasteiger partial charge in [0, 0.05) is 24.8 Å². The van der Waals surface area contributed by atoms with Crippen molar-refractivity contribution in [3.63, 3.8) is 0 Å². The number of methoxy groups -OCH3 is 2. The summed E-state index contributed by atoms with van der Waals surface area (Å²) in [5.74, 6) is 1.31. The Balaban J connectivity index is 2.42. The largest absolute Gasteiger partial charge is 0.493 e. The Morgan fingerprint density at radius 3 is 2.36 bits per heavy atom. The lowest BCUT2D eigenvalue weighted by atomic mass is 10.0. The summed E-state index contributed by atoms with van der Waals surface area (Å²) in [7, 11) is 5.11. The highest BCUT2D eigenvalue weighted by Gasteiger charge is 2.15. The van der Waals surface area contributed by atoms with E-state index in [2.05, 4.69) is 6.07 Å². The highest BCUT2D eigenvalue weighted by molar-refractivity contribution is 6.00. The molecule has 0 atom stereocenters. The van der Waals surface area contributed by atoms with Gasteiger partial charge in [-0.1, -0.05) is 0 Å². The van der Waals surface area contributed by atoms with E-state index in [1.165, 1.54) is 6.92 Å². The van der Waals surface area contributed by atoms with Crippen molar-refractivity contribution < 1.29 is 14.3 Å². The minimum Gasteiger partial charge on any atom is -0.493 e. The summed E-state index contributed by atoms with van der Waals surface area (Å²) < 4.78 is 10.7. The quantitative estimate of drug-likeness (QED) is 0.751. The summed E-state index contributed by atoms with van der Waals surface area (Å²) >= 11 is 0. The van der Waals surface area contributed by atoms with Crippen LogP contribution in [-0.4, -0.2) is 27.1 Å². The van der Waals surface area contributed by atoms with Gasteiger partial charge < -0.3 is 14.4 Å². The van der Waals surface area contributed by atoms with Gasteiger partial charge in [0.1, 0.15) is 0 Å². The number of Topliss-reactive ketones (excluding diaryl/α,β-unsaturated/α-hetero) is 1. The zero-order chi connectivity index (χ0) is 18.6. The Morgan fingerprint density at radius 2 is 1.80 bits per heavy atom. The molecule has 0 spiro atoms. The molecule has 0 saturated heterocycles. The summed E-state index contributed by atoms with van der Waals surface area (Å²) in [5, 5.41) is 9.15. The van der Waals surface area contributed by atoms with E-state index in [0.717, 1.165) is 16.8 Å². The standard InChI is InChI=1S/C20H22N2O3/c1-13-8-19(24-4)20(25-5)10-16(13)12-22(3)18-9-15(11-21)6-7-17(18)14(2)23/h6-10H,12H2,1-5H3. The van der Waals surface area contributed by atoms with Crippen LogP contribution >= 0.6 is 0 Å². The van der Waals surface area contributed by atoms with Gasteiger partial charge in [-0.2, -0.15) is 5.26 Å². The topological polar surface area (TPSA) is 62.6 Å². The minimum absolute atomic E-state index is 0.0321. The SMILES string of the molecule is COc1cc(C)c(CN(C)c2cc(C#N)ccc2C(C)=O)cc1OC. The monoisotopic (exact) mass is 338 g/mol. The molecule has 2 rings (SSSR count). The number of hydrogen-bond acceptors (Lipinski definition) is 5. The highest BCUT2D eigenvalue weighted by Crippen LogP contribution is 2.32. The molecule has 130 valence electrons. The molecule has 5 heteroatoms. The zero-order valence-corrected chi connectivity index (χ0v) is 15.2. The average Bonchev–Trinajstić information content (AvgIpc) is 2.62. The maximum Gasteiger partial charge on any atom is 0.161 e. The van der Waals surface area contributed by atoms with Crippen LogP contribution in [0.15, 0.2) is 30.3 Å². The maximum atomic E-state index is 11.9. The lowest BCUT2D eigenvalue weighted by Gasteiger charge is -2.23. The highest BCUT2D eigenvalue weighted by atomic mass is 16.5. The van der Waals surface area contributed by atoms with E-state index in [0.29, 0.717) is 29.2 Å². The average molecular weight is 338 g/mol. The number of carbonyl (C=O) groups is 1. The number of nitrogens with zero attached hydrogens (tertiary/aromatic N) is 2. The predicted octanol–water partition coefficient (Wildman–Crippen LogP) is 3.72. The number of carbonyl (C=O) groups excluding carboxylic acids is 1. The van der Waals surface area contributed by atoms with Crippen molar-refractivity contribution in [2.75, 3.05) is 26.2 Å². The number of aryl methyl sites for hydroxylation is 1. The molecule has 0 heterocycles. The van der Waals surface area contributed by atoms with Gasteiger partial charge >= 0.3 is 0 Å². The fraction of sp³-hybridized carbons (Fsp3) is 0.300. The second-order valence-electron chi connectivity index (χ2n) is 5.89. The molecule has 0 amide bonds. The molecule has 0 N–H and O–H groups in total. The molecule has 5 nitrogen and oxygen atoms in total. The Kier molecular flexibility index (Phi) is 5.66. The smallest absolute Gasteiger partial charge is 0.161 e. The predicted molar refractivity (Wildman–Crippen MR) is 97.6 cm³/mol. The fourth-order valence-electron chi connectivity index (χ4n) is 2.75. The Labute approximate surface area is 148 Å². The Morgan fingerprint density at radius 1 is 1.16 bits per heavy atom. The molecule has 2 aromatic rings. The first-order valence-electron chi connectivity index (χ1n) is 7.89. The Bertz CT molecular complexity index is 838. The molecule has 0 aliphatic heterocycles. The van der Waals surface area contributed by atoms with Crippen LogP contribution < -0.4 is 14.4 Å². The van der Waals surface area contributed by atoms with E-state index < -0.39 is 0 Å². The van der Waals surface area contributed by atoms with Crippen LogP contribution in [0.25, 0.3) is 0 Å². The summed E-state index contributed by atoms with van der Waals surface area (Å²) in [5.41, 5.74) is 3.97. The van der Waals surface area contributed by atoms with E-state index in [4.69, 9.17) is 14.7 Å². The molecule has 2 aromatic carbocycles. The van der Waals surface area contributed by atoms with Gasteiger partial charge in [0.15, 0.2) is 17.3 Å². The van der Waals surface area contributed by atoms with E-state index in [1.807, 2.05) is 31.0 Å². The first-order valence-corrected chi connectivity index (χ1v) is 7.89. The number of ketones is 1. The second kappa shape index (κ2) is 7.71. The number of ether oxygens (including phenoxy) is 2. The van der Waals surface area contributed by atoms with E-state index in [9.17, 15) is 4.79 Å². The number of hydrogen-bond donors (Lipinski definition) is 0. The molecule has 0 aliphatic rings. The molecule has 0 radical (unpaired) electrons. The van der Waals surface area contributed by atoms with E-state index >= 15 is 0 Å². The molecule has 0 saturated carbocycles. The first kappa shape index (κ1) is 18.3. The van der Waals surface area contributed by atoms with Gasteiger partial charge in [-0.05, 0) is 55.3 Å². The molecule has 0 bridgehead atoms. The maximum absolute atomic E-state index is 11.9. The van der Waals surface area contributed by atoms with Crippen LogP contribution in [0.5, 0.6) is 11.5 Å². The van der Waals surface area contributed by atoms with E-state index in [-0.39, 0.29) is 5.78 Å². The van der Waals surface area contributed by atoms with Gasteiger partial charge in [-0.25, -0.2) is 0 Å². The summed E-state index contributed by atoms with van der Waals surface area (Å²) in [6.45, 7) is 4.10. The van der Waals surface area contributed by atoms with Crippen LogP contribution in [0.1, 0.15) is 34.0 Å². The summed E-state index contributed by atoms with van der Waals surface area (Å²) in [6, 6.07) is 11.1. The van der Waals surface area contributed by atoms with Crippen molar-refractivity contribution >= 4 is 11.5 Å². The van der Waals surface area contributed by atoms with Crippen molar-refractivity contribution in [2.24, 2.45) is 0 Å². The lowest BCUT2D eigenvalue weighted by molar-refractivity contribution is 0.101. The van der Waals surface area contributed by atoms with Crippen LogP contribution in [0.4, 0.5) is 5.69 Å². The molecule has 25 heavy (non-hydrogen) atoms. The number of anilines is 1. The van der Waals surface area contributed by atoms with Crippen LogP contribution in [0, 0.1) is 18.3 Å². The number of rotatable bonds is 6. The normalized spacial score (nSPS) is 10.1. The van der Waals surface area contributed by atoms with Gasteiger partial charge in [0.2, 0.25) is 0 Å². The third-order valence-electron chi connectivity index (χ3n) is 4.17. The fourth-order valence-corrected chi connectivity index (χ4v) is 2.75. The number of nitriles is 1. The molecular weight excluding hydrogens is 316 g/mol. The van der Waals surface area contributed by atoms with Gasteiger partial charge in [-0.15, -0.1) is 0 Å². The summed E-state index contributed by atoms with van der Waals surface area (Å²) in [6.07, 6.45) is 0. The van der Waals surface area contributed by atoms with Crippen molar-refractivity contribution in [3.8, 4) is 17.6 Å². The lowest BCUT2D eigenvalue weighted by Crippen LogP contribution is -2.20. The van der Waals surface area contributed by atoms with Crippen LogP contribution in [0.2, 0.25) is 0 Å². The van der Waals surface area contributed by atoms with Crippen molar-refractivity contribution in [1.82, 2.24) is 0 Å². The molecule has 0 aliphatic carbocycles. The van der Waals surface area contributed by atoms with Gasteiger partial charge in [0.25, 0.3) is 0 Å². The zero-order valence-electron chi connectivity index (χ0n) is 15.2. The summed E-state index contributed by atoms with van der Waals surface area (Å²) in [4.78, 5) is 13.9. The molecule has 0 aromatic heterocycles. The molecule has 0 fully saturated rings. The minimum atomic E-state index is -0.0321. The van der Waals surface area contributed by atoms with Gasteiger partial charge in [-0.3, -0.25) is 4.79 Å². The van der Waals surface area contributed by atoms with Crippen molar-refractivity contribution in [3.05, 3.63) is 52.6 Å². The third kappa shape index (κ3) is 3.92.